The minimum Gasteiger partial charge on any atom is -0.256 e. The van der Waals surface area contributed by atoms with E-state index in [1.54, 1.807) is 0 Å². The molecule has 0 unspecified atom stereocenters. The second kappa shape index (κ2) is 3.89. The van der Waals surface area contributed by atoms with Crippen LogP contribution < -0.4 is 0 Å². The van der Waals surface area contributed by atoms with Gasteiger partial charge in [-0.05, 0) is 55.7 Å². The molecule has 0 bridgehead atoms. The number of hydrogen-bond acceptors (Lipinski definition) is 1. The predicted octanol–water partition coefficient (Wildman–Crippen LogP) is 4.08. The quantitative estimate of drug-likeness (QED) is 0.719. The zero-order valence-corrected chi connectivity index (χ0v) is 9.66. The summed E-state index contributed by atoms with van der Waals surface area (Å²) in [6.45, 7) is 2.17. The highest BCUT2D eigenvalue weighted by molar-refractivity contribution is 5.66. The molecule has 2 aliphatic carbocycles. The van der Waals surface area contributed by atoms with Gasteiger partial charge in [-0.1, -0.05) is 23.8 Å². The van der Waals surface area contributed by atoms with Gasteiger partial charge in [0, 0.05) is 7.57 Å². The fraction of sp³-hybridized carbons (Fsp3) is 0.400. The standard InChI is InChI=1S/C15H17N/c1-11-2-4-13(5-3-11)15-9-8-14(10-16-15)12-6-7-12/h2,4,8-10,12H,3,5-7H2,1H3/i12D. The highest BCUT2D eigenvalue weighted by Gasteiger charge is 2.23. The molecule has 0 amide bonds. The van der Waals surface area contributed by atoms with Gasteiger partial charge in [0.15, 0.2) is 0 Å². The number of aromatic nitrogens is 1. The van der Waals surface area contributed by atoms with Gasteiger partial charge in [-0.25, -0.2) is 0 Å². The third-order valence-corrected chi connectivity index (χ3v) is 3.36. The van der Waals surface area contributed by atoms with Crippen molar-refractivity contribution < 1.29 is 1.37 Å². The van der Waals surface area contributed by atoms with E-state index >= 15 is 0 Å². The molecule has 1 aromatic rings. The maximum atomic E-state index is 8.06. The average Bonchev–Trinajstić information content (AvgIpc) is 3.10. The first-order chi connectivity index (χ1) is 8.17. The summed E-state index contributed by atoms with van der Waals surface area (Å²) < 4.78 is 8.06. The molecule has 0 spiro atoms. The van der Waals surface area contributed by atoms with E-state index in [-0.39, 0.29) is 5.89 Å². The lowest BCUT2D eigenvalue weighted by molar-refractivity contribution is 0.965. The van der Waals surface area contributed by atoms with Crippen LogP contribution in [-0.2, 0) is 0 Å². The van der Waals surface area contributed by atoms with Crippen LogP contribution in [0, 0.1) is 0 Å². The van der Waals surface area contributed by atoms with E-state index in [2.05, 4.69) is 36.2 Å². The molecule has 16 heavy (non-hydrogen) atoms. The monoisotopic (exact) mass is 212 g/mol. The van der Waals surface area contributed by atoms with Crippen LogP contribution in [0.25, 0.3) is 5.57 Å². The summed E-state index contributed by atoms with van der Waals surface area (Å²) >= 11 is 0. The molecule has 3 rings (SSSR count). The van der Waals surface area contributed by atoms with Crippen molar-refractivity contribution in [2.45, 2.75) is 38.5 Å². The zero-order valence-electron chi connectivity index (χ0n) is 10.7. The summed E-state index contributed by atoms with van der Waals surface area (Å²) in [6, 6.07) is 4.15. The first-order valence-corrected chi connectivity index (χ1v) is 6.01. The molecule has 1 heteroatoms. The second-order valence-corrected chi connectivity index (χ2v) is 4.74. The van der Waals surface area contributed by atoms with Crippen LogP contribution in [0.4, 0.5) is 0 Å². The van der Waals surface area contributed by atoms with Crippen molar-refractivity contribution in [2.75, 3.05) is 0 Å². The van der Waals surface area contributed by atoms with Gasteiger partial charge in [-0.15, -0.1) is 0 Å². The highest BCUT2D eigenvalue weighted by atomic mass is 14.7. The smallest absolute Gasteiger partial charge is 0.0661 e. The molecule has 0 radical (unpaired) electrons. The lowest BCUT2D eigenvalue weighted by Gasteiger charge is -2.11. The summed E-state index contributed by atoms with van der Waals surface area (Å²) in [7, 11) is 0. The number of allylic oxidation sites excluding steroid dienone is 4. The van der Waals surface area contributed by atoms with Crippen LogP contribution in [0.3, 0.4) is 0 Å². The van der Waals surface area contributed by atoms with E-state index in [4.69, 9.17) is 1.37 Å². The summed E-state index contributed by atoms with van der Waals surface area (Å²) in [6.07, 6.45) is 10.4. The summed E-state index contributed by atoms with van der Waals surface area (Å²) in [5, 5.41) is 0. The van der Waals surface area contributed by atoms with Gasteiger partial charge >= 0.3 is 0 Å². The Labute approximate surface area is 98.3 Å². The minimum atomic E-state index is -0.317. The summed E-state index contributed by atoms with van der Waals surface area (Å²) in [5.74, 6) is -0.317. The number of nitrogens with zero attached hydrogens (tertiary/aromatic N) is 1. The van der Waals surface area contributed by atoms with Crippen molar-refractivity contribution in [2.24, 2.45) is 0 Å². The molecule has 1 aromatic heterocycles. The maximum absolute atomic E-state index is 8.06. The van der Waals surface area contributed by atoms with Gasteiger partial charge in [0.2, 0.25) is 0 Å². The Morgan fingerprint density at radius 3 is 2.69 bits per heavy atom. The Hall–Kier alpha value is -1.37. The lowest BCUT2D eigenvalue weighted by atomic mass is 9.96. The first kappa shape index (κ1) is 8.74. The Morgan fingerprint density at radius 2 is 2.12 bits per heavy atom. The minimum absolute atomic E-state index is 0.317. The molecular weight excluding hydrogens is 194 g/mol. The summed E-state index contributed by atoms with van der Waals surface area (Å²) in [4.78, 5) is 4.52. The zero-order chi connectivity index (χ0) is 11.9. The molecule has 82 valence electrons. The lowest BCUT2D eigenvalue weighted by Crippen LogP contribution is -1.94. The molecule has 1 nitrogen and oxygen atoms in total. The molecular formula is C15H17N. The van der Waals surface area contributed by atoms with Crippen LogP contribution in [0.15, 0.2) is 36.1 Å². The maximum Gasteiger partial charge on any atom is 0.0661 e. The van der Waals surface area contributed by atoms with Crippen LogP contribution in [-0.4, -0.2) is 4.98 Å². The molecule has 1 fully saturated rings. The van der Waals surface area contributed by atoms with Crippen molar-refractivity contribution in [1.29, 1.82) is 0 Å². The van der Waals surface area contributed by atoms with Crippen LogP contribution >= 0.6 is 0 Å². The van der Waals surface area contributed by atoms with Crippen molar-refractivity contribution in [3.05, 3.63) is 47.3 Å². The topological polar surface area (TPSA) is 12.9 Å². The average molecular weight is 212 g/mol. The van der Waals surface area contributed by atoms with E-state index in [9.17, 15) is 0 Å². The van der Waals surface area contributed by atoms with E-state index in [0.29, 0.717) is 0 Å². The molecule has 1 saturated carbocycles. The third kappa shape index (κ3) is 1.95. The molecule has 0 atom stereocenters. The van der Waals surface area contributed by atoms with Crippen LogP contribution in [0.2, 0.25) is 0 Å². The molecule has 1 heterocycles. The normalized spacial score (nSPS) is 23.2. The van der Waals surface area contributed by atoms with E-state index < -0.39 is 0 Å². The van der Waals surface area contributed by atoms with Gasteiger partial charge < -0.3 is 0 Å². The Bertz CT molecular complexity index is 492. The Kier molecular flexibility index (Phi) is 2.13. The van der Waals surface area contributed by atoms with Crippen molar-refractivity contribution in [3.8, 4) is 0 Å². The Balaban J connectivity index is 1.85. The van der Waals surface area contributed by atoms with Crippen LogP contribution in [0.5, 0.6) is 0 Å². The SMILES string of the molecule is [2H]C1(c2ccc(C3=CC=C(C)CC3)nc2)CC1. The third-order valence-electron chi connectivity index (χ3n) is 3.36. The first-order valence-electron chi connectivity index (χ1n) is 6.51. The predicted molar refractivity (Wildman–Crippen MR) is 67.2 cm³/mol. The molecule has 0 N–H and O–H groups in total. The van der Waals surface area contributed by atoms with E-state index in [1.165, 1.54) is 11.1 Å². The number of pyridine rings is 1. The van der Waals surface area contributed by atoms with Crippen molar-refractivity contribution in [1.82, 2.24) is 4.98 Å². The Morgan fingerprint density at radius 1 is 1.25 bits per heavy atom. The highest BCUT2D eigenvalue weighted by Crippen LogP contribution is 2.39. The number of rotatable bonds is 2. The number of hydrogen-bond donors (Lipinski definition) is 0. The van der Waals surface area contributed by atoms with Gasteiger partial charge in [0.25, 0.3) is 0 Å². The van der Waals surface area contributed by atoms with Gasteiger partial charge in [0.05, 0.1) is 5.69 Å². The fourth-order valence-corrected chi connectivity index (χ4v) is 2.10. The molecule has 0 aliphatic heterocycles. The van der Waals surface area contributed by atoms with E-state index in [0.717, 1.165) is 36.9 Å². The fourth-order valence-electron chi connectivity index (χ4n) is 2.10. The molecule has 0 saturated heterocycles. The molecule has 0 aromatic carbocycles. The summed E-state index contributed by atoms with van der Waals surface area (Å²) in [5.41, 5.74) is 4.90. The van der Waals surface area contributed by atoms with Gasteiger partial charge in [-0.2, -0.15) is 0 Å². The van der Waals surface area contributed by atoms with Crippen molar-refractivity contribution in [3.63, 3.8) is 0 Å². The van der Waals surface area contributed by atoms with E-state index in [1.807, 2.05) is 6.20 Å². The van der Waals surface area contributed by atoms with Gasteiger partial charge in [-0.3, -0.25) is 4.98 Å². The largest absolute Gasteiger partial charge is 0.256 e. The van der Waals surface area contributed by atoms with Gasteiger partial charge in [0.1, 0.15) is 0 Å². The van der Waals surface area contributed by atoms with Crippen LogP contribution in [0.1, 0.15) is 51.1 Å². The van der Waals surface area contributed by atoms with Crippen molar-refractivity contribution >= 4 is 5.57 Å². The second-order valence-electron chi connectivity index (χ2n) is 4.74. The molecule has 2 aliphatic rings.